The van der Waals surface area contributed by atoms with Crippen molar-refractivity contribution < 1.29 is 9.47 Å². The molecule has 1 aliphatic carbocycles. The van der Waals surface area contributed by atoms with E-state index >= 15 is 0 Å². The SMILES string of the molecule is COc1cc(CNCC2CC2C)c(SC)cc1OC. The molecule has 1 aromatic rings. The molecule has 2 rings (SSSR count). The Balaban J connectivity index is 2.04. The Labute approximate surface area is 120 Å². The van der Waals surface area contributed by atoms with E-state index in [0.29, 0.717) is 0 Å². The third-order valence-corrected chi connectivity index (χ3v) is 4.60. The van der Waals surface area contributed by atoms with Gasteiger partial charge in [-0.1, -0.05) is 6.92 Å². The molecule has 3 nitrogen and oxygen atoms in total. The van der Waals surface area contributed by atoms with Crippen LogP contribution in [0.5, 0.6) is 11.5 Å². The summed E-state index contributed by atoms with van der Waals surface area (Å²) < 4.78 is 10.7. The van der Waals surface area contributed by atoms with Gasteiger partial charge in [0.2, 0.25) is 0 Å². The first kappa shape index (κ1) is 14.5. The van der Waals surface area contributed by atoms with Crippen LogP contribution in [0.3, 0.4) is 0 Å². The summed E-state index contributed by atoms with van der Waals surface area (Å²) in [6.07, 6.45) is 3.46. The van der Waals surface area contributed by atoms with Crippen molar-refractivity contribution in [3.63, 3.8) is 0 Å². The number of methoxy groups -OCH3 is 2. The van der Waals surface area contributed by atoms with Crippen LogP contribution < -0.4 is 14.8 Å². The van der Waals surface area contributed by atoms with Crippen molar-refractivity contribution in [3.05, 3.63) is 17.7 Å². The number of rotatable bonds is 7. The molecular formula is C15H23NO2S. The lowest BCUT2D eigenvalue weighted by molar-refractivity contribution is 0.353. The van der Waals surface area contributed by atoms with Crippen LogP contribution in [0.1, 0.15) is 18.9 Å². The van der Waals surface area contributed by atoms with Gasteiger partial charge in [0.15, 0.2) is 11.5 Å². The summed E-state index contributed by atoms with van der Waals surface area (Å²) in [6, 6.07) is 4.13. The maximum Gasteiger partial charge on any atom is 0.161 e. The molecule has 0 spiro atoms. The molecule has 2 unspecified atom stereocenters. The molecule has 0 saturated heterocycles. The molecule has 0 amide bonds. The van der Waals surface area contributed by atoms with Crippen molar-refractivity contribution >= 4 is 11.8 Å². The molecule has 1 N–H and O–H groups in total. The summed E-state index contributed by atoms with van der Waals surface area (Å²) in [6.45, 7) is 4.32. The molecule has 0 bridgehead atoms. The van der Waals surface area contributed by atoms with Gasteiger partial charge >= 0.3 is 0 Å². The van der Waals surface area contributed by atoms with Crippen LogP contribution in [-0.2, 0) is 6.54 Å². The first-order chi connectivity index (χ1) is 9.19. The van der Waals surface area contributed by atoms with E-state index in [1.165, 1.54) is 16.9 Å². The molecule has 0 aromatic heterocycles. The average molecular weight is 281 g/mol. The van der Waals surface area contributed by atoms with Crippen LogP contribution in [0.25, 0.3) is 0 Å². The summed E-state index contributed by atoms with van der Waals surface area (Å²) in [5.41, 5.74) is 1.28. The largest absolute Gasteiger partial charge is 0.493 e. The zero-order valence-electron chi connectivity index (χ0n) is 12.2. The second-order valence-electron chi connectivity index (χ2n) is 5.12. The van der Waals surface area contributed by atoms with Crippen molar-refractivity contribution in [2.45, 2.75) is 24.8 Å². The zero-order valence-corrected chi connectivity index (χ0v) is 13.0. The third kappa shape index (κ3) is 3.57. The van der Waals surface area contributed by atoms with E-state index in [0.717, 1.165) is 36.4 Å². The number of ether oxygens (including phenoxy) is 2. The van der Waals surface area contributed by atoms with Crippen molar-refractivity contribution in [1.82, 2.24) is 5.32 Å². The number of nitrogens with one attached hydrogen (secondary N) is 1. The molecule has 1 aliphatic rings. The maximum absolute atomic E-state index is 5.37. The monoisotopic (exact) mass is 281 g/mol. The van der Waals surface area contributed by atoms with Crippen molar-refractivity contribution in [2.75, 3.05) is 27.0 Å². The van der Waals surface area contributed by atoms with Crippen LogP contribution in [0.15, 0.2) is 17.0 Å². The third-order valence-electron chi connectivity index (χ3n) is 3.78. The molecule has 2 atom stereocenters. The molecule has 0 aliphatic heterocycles. The van der Waals surface area contributed by atoms with Crippen LogP contribution in [0.2, 0.25) is 0 Å². The van der Waals surface area contributed by atoms with Crippen molar-refractivity contribution in [1.29, 1.82) is 0 Å². The summed E-state index contributed by atoms with van der Waals surface area (Å²) in [5, 5.41) is 3.55. The second kappa shape index (κ2) is 6.53. The Morgan fingerprint density at radius 2 is 1.89 bits per heavy atom. The standard InChI is InChI=1S/C15H23NO2S/c1-10-5-11(10)8-16-9-12-6-13(17-2)14(18-3)7-15(12)19-4/h6-7,10-11,16H,5,8-9H2,1-4H3. The molecule has 1 fully saturated rings. The van der Waals surface area contributed by atoms with E-state index < -0.39 is 0 Å². The topological polar surface area (TPSA) is 30.5 Å². The Bertz CT molecular complexity index is 436. The maximum atomic E-state index is 5.37. The molecular weight excluding hydrogens is 258 g/mol. The van der Waals surface area contributed by atoms with Gasteiger partial charge in [-0.05, 0) is 48.8 Å². The van der Waals surface area contributed by atoms with Crippen LogP contribution in [0.4, 0.5) is 0 Å². The highest BCUT2D eigenvalue weighted by atomic mass is 32.2. The summed E-state index contributed by atoms with van der Waals surface area (Å²) in [7, 11) is 3.36. The van der Waals surface area contributed by atoms with Gasteiger partial charge in [-0.25, -0.2) is 0 Å². The highest BCUT2D eigenvalue weighted by molar-refractivity contribution is 7.98. The van der Waals surface area contributed by atoms with Crippen LogP contribution in [-0.4, -0.2) is 27.0 Å². The fraction of sp³-hybridized carbons (Fsp3) is 0.600. The van der Waals surface area contributed by atoms with E-state index in [4.69, 9.17) is 9.47 Å². The zero-order chi connectivity index (χ0) is 13.8. The van der Waals surface area contributed by atoms with Crippen molar-refractivity contribution in [2.24, 2.45) is 11.8 Å². The molecule has 106 valence electrons. The van der Waals surface area contributed by atoms with E-state index in [-0.39, 0.29) is 0 Å². The lowest BCUT2D eigenvalue weighted by Crippen LogP contribution is -2.17. The Hall–Kier alpha value is -0.870. The summed E-state index contributed by atoms with van der Waals surface area (Å²) >= 11 is 1.74. The second-order valence-corrected chi connectivity index (χ2v) is 5.97. The first-order valence-corrected chi connectivity index (χ1v) is 7.91. The number of thioether (sulfide) groups is 1. The van der Waals surface area contributed by atoms with E-state index in [1.54, 1.807) is 26.0 Å². The lowest BCUT2D eigenvalue weighted by Gasteiger charge is -2.14. The van der Waals surface area contributed by atoms with Gasteiger partial charge in [-0.2, -0.15) is 0 Å². The predicted octanol–water partition coefficient (Wildman–Crippen LogP) is 3.17. The molecule has 4 heteroatoms. The average Bonchev–Trinajstić information content (AvgIpc) is 3.13. The Morgan fingerprint density at radius 3 is 2.42 bits per heavy atom. The van der Waals surface area contributed by atoms with Crippen molar-refractivity contribution in [3.8, 4) is 11.5 Å². The lowest BCUT2D eigenvalue weighted by atomic mass is 10.2. The normalized spacial score (nSPS) is 21.3. The molecule has 1 aromatic carbocycles. The van der Waals surface area contributed by atoms with E-state index in [2.05, 4.69) is 30.6 Å². The van der Waals surface area contributed by atoms with Gasteiger partial charge < -0.3 is 14.8 Å². The van der Waals surface area contributed by atoms with Crippen LogP contribution in [0, 0.1) is 11.8 Å². The molecule has 1 saturated carbocycles. The van der Waals surface area contributed by atoms with E-state index in [1.807, 2.05) is 0 Å². The molecule has 0 radical (unpaired) electrons. The van der Waals surface area contributed by atoms with Gasteiger partial charge in [0.05, 0.1) is 14.2 Å². The number of hydrogen-bond donors (Lipinski definition) is 1. The van der Waals surface area contributed by atoms with E-state index in [9.17, 15) is 0 Å². The Kier molecular flexibility index (Phi) is 4.99. The van der Waals surface area contributed by atoms with Gasteiger partial charge in [0.25, 0.3) is 0 Å². The van der Waals surface area contributed by atoms with Gasteiger partial charge in [0.1, 0.15) is 0 Å². The highest BCUT2D eigenvalue weighted by Crippen LogP contribution is 2.37. The number of benzene rings is 1. The highest BCUT2D eigenvalue weighted by Gasteiger charge is 2.31. The smallest absolute Gasteiger partial charge is 0.161 e. The summed E-state index contributed by atoms with van der Waals surface area (Å²) in [5.74, 6) is 3.37. The van der Waals surface area contributed by atoms with Gasteiger partial charge in [-0.15, -0.1) is 11.8 Å². The van der Waals surface area contributed by atoms with Gasteiger partial charge in [-0.3, -0.25) is 0 Å². The van der Waals surface area contributed by atoms with Gasteiger partial charge in [0, 0.05) is 11.4 Å². The quantitative estimate of drug-likeness (QED) is 0.778. The predicted molar refractivity (Wildman–Crippen MR) is 80.3 cm³/mol. The molecule has 19 heavy (non-hydrogen) atoms. The summed E-state index contributed by atoms with van der Waals surface area (Å²) in [4.78, 5) is 1.24. The Morgan fingerprint density at radius 1 is 1.26 bits per heavy atom. The molecule has 0 heterocycles. The number of hydrogen-bond acceptors (Lipinski definition) is 4. The minimum absolute atomic E-state index is 0.798. The van der Waals surface area contributed by atoms with Crippen LogP contribution >= 0.6 is 11.8 Å². The minimum atomic E-state index is 0.798. The fourth-order valence-electron chi connectivity index (χ4n) is 2.31. The minimum Gasteiger partial charge on any atom is -0.493 e. The fourth-order valence-corrected chi connectivity index (χ4v) is 2.92. The first-order valence-electron chi connectivity index (χ1n) is 6.69.